The van der Waals surface area contributed by atoms with E-state index in [1.807, 2.05) is 25.4 Å². The number of benzene rings is 1. The third-order valence-electron chi connectivity index (χ3n) is 6.47. The molecule has 4 heterocycles. The molecule has 1 aliphatic heterocycles. The second kappa shape index (κ2) is 9.24. The fourth-order valence-electron chi connectivity index (χ4n) is 4.44. The summed E-state index contributed by atoms with van der Waals surface area (Å²) in [6.45, 7) is 6.23. The molecule has 0 bridgehead atoms. The first-order chi connectivity index (χ1) is 16.9. The number of likely N-dealkylation sites (N-methyl/N-ethyl adjacent to an activating group) is 1. The van der Waals surface area contributed by atoms with Crippen molar-refractivity contribution in [1.82, 2.24) is 29.2 Å². The Labute approximate surface area is 204 Å². The third-order valence-corrected chi connectivity index (χ3v) is 6.47. The Morgan fingerprint density at radius 1 is 1.09 bits per heavy atom. The van der Waals surface area contributed by atoms with E-state index in [-0.39, 0.29) is 5.56 Å². The standard InChI is InChI=1S/C26H28N8O/c1-5-22-18(2)25(35)34(17-19-14-28-32(4)16-19)24-23(22)15-27-26(30-24)29-20-6-8-21(9-7-20)33-12-10-31(3)11-13-33/h1,6-9,14-16H,10-13,17H2,2-4H3,(H,27,29,30). The number of terminal acetylenes is 1. The Balaban J connectivity index is 1.47. The number of rotatable bonds is 5. The predicted octanol–water partition coefficient (Wildman–Crippen LogP) is 2.36. The van der Waals surface area contributed by atoms with Gasteiger partial charge in [0.25, 0.3) is 5.56 Å². The summed E-state index contributed by atoms with van der Waals surface area (Å²) < 4.78 is 3.34. The van der Waals surface area contributed by atoms with Crippen LogP contribution in [0.4, 0.5) is 17.3 Å². The number of aryl methyl sites for hydroxylation is 1. The number of aromatic nitrogens is 5. The largest absolute Gasteiger partial charge is 0.369 e. The maximum absolute atomic E-state index is 13.2. The van der Waals surface area contributed by atoms with Crippen molar-refractivity contribution in [3.8, 4) is 12.3 Å². The highest BCUT2D eigenvalue weighted by molar-refractivity contribution is 5.84. The molecule has 9 nitrogen and oxygen atoms in total. The predicted molar refractivity (Wildman–Crippen MR) is 138 cm³/mol. The molecule has 9 heteroatoms. The van der Waals surface area contributed by atoms with Crippen LogP contribution in [0.1, 0.15) is 16.7 Å². The van der Waals surface area contributed by atoms with Crippen LogP contribution in [0.15, 0.2) is 47.7 Å². The number of hydrogen-bond donors (Lipinski definition) is 1. The summed E-state index contributed by atoms with van der Waals surface area (Å²) in [7, 11) is 3.99. The van der Waals surface area contributed by atoms with E-state index in [0.717, 1.165) is 37.4 Å². The van der Waals surface area contributed by atoms with E-state index in [1.165, 1.54) is 5.69 Å². The lowest BCUT2D eigenvalue weighted by Gasteiger charge is -2.34. The van der Waals surface area contributed by atoms with Gasteiger partial charge < -0.3 is 15.1 Å². The van der Waals surface area contributed by atoms with Gasteiger partial charge in [-0.05, 0) is 38.2 Å². The van der Waals surface area contributed by atoms with Crippen LogP contribution >= 0.6 is 0 Å². The summed E-state index contributed by atoms with van der Waals surface area (Å²) in [6, 6.07) is 8.25. The normalized spacial score (nSPS) is 14.3. The first-order valence-electron chi connectivity index (χ1n) is 11.6. The van der Waals surface area contributed by atoms with Gasteiger partial charge in [-0.1, -0.05) is 5.92 Å². The summed E-state index contributed by atoms with van der Waals surface area (Å²) in [5, 5.41) is 8.15. The highest BCUT2D eigenvalue weighted by Crippen LogP contribution is 2.23. The van der Waals surface area contributed by atoms with E-state index < -0.39 is 0 Å². The molecule has 0 atom stereocenters. The third kappa shape index (κ3) is 4.48. The number of anilines is 3. The Hall–Kier alpha value is -4.16. The van der Waals surface area contributed by atoms with Crippen LogP contribution < -0.4 is 15.8 Å². The number of nitrogens with zero attached hydrogens (tertiary/aromatic N) is 7. The number of fused-ring (bicyclic) bond motifs is 1. The molecule has 0 amide bonds. The Morgan fingerprint density at radius 2 is 1.83 bits per heavy atom. The maximum Gasteiger partial charge on any atom is 0.256 e. The minimum Gasteiger partial charge on any atom is -0.369 e. The monoisotopic (exact) mass is 468 g/mol. The zero-order valence-electron chi connectivity index (χ0n) is 20.2. The highest BCUT2D eigenvalue weighted by Gasteiger charge is 2.17. The molecule has 178 valence electrons. The van der Waals surface area contributed by atoms with Gasteiger partial charge in [0.05, 0.1) is 18.1 Å². The molecule has 35 heavy (non-hydrogen) atoms. The van der Waals surface area contributed by atoms with Gasteiger partial charge in [-0.25, -0.2) is 4.98 Å². The summed E-state index contributed by atoms with van der Waals surface area (Å²) in [5.41, 5.74) is 4.31. The van der Waals surface area contributed by atoms with Crippen LogP contribution in [0.25, 0.3) is 11.0 Å². The lowest BCUT2D eigenvalue weighted by Crippen LogP contribution is -2.44. The van der Waals surface area contributed by atoms with Gasteiger partial charge in [0, 0.05) is 73.7 Å². The van der Waals surface area contributed by atoms with Gasteiger partial charge in [0.1, 0.15) is 5.65 Å². The molecule has 0 radical (unpaired) electrons. The van der Waals surface area contributed by atoms with E-state index in [1.54, 1.807) is 28.6 Å². The molecule has 0 aliphatic carbocycles. The van der Waals surface area contributed by atoms with Gasteiger partial charge in [-0.2, -0.15) is 10.1 Å². The minimum atomic E-state index is -0.171. The Bertz CT molecular complexity index is 1470. The highest BCUT2D eigenvalue weighted by atomic mass is 16.1. The van der Waals surface area contributed by atoms with Crippen molar-refractivity contribution in [3.05, 3.63) is 69.9 Å². The number of pyridine rings is 1. The zero-order valence-corrected chi connectivity index (χ0v) is 20.2. The fraction of sp³-hybridized carbons (Fsp3) is 0.308. The topological polar surface area (TPSA) is 84.1 Å². The minimum absolute atomic E-state index is 0.171. The van der Waals surface area contributed by atoms with Crippen LogP contribution in [-0.2, 0) is 13.6 Å². The summed E-state index contributed by atoms with van der Waals surface area (Å²) in [5.74, 6) is 3.04. The molecular weight excluding hydrogens is 440 g/mol. The number of hydrogen-bond acceptors (Lipinski definition) is 7. The van der Waals surface area contributed by atoms with E-state index in [2.05, 4.69) is 50.3 Å². The van der Waals surface area contributed by atoms with Gasteiger partial charge >= 0.3 is 0 Å². The molecule has 1 N–H and O–H groups in total. The van der Waals surface area contributed by atoms with Crippen molar-refractivity contribution in [3.63, 3.8) is 0 Å². The molecule has 5 rings (SSSR count). The van der Waals surface area contributed by atoms with Crippen LogP contribution in [0.3, 0.4) is 0 Å². The van der Waals surface area contributed by atoms with Crippen LogP contribution in [-0.4, -0.2) is 62.4 Å². The molecule has 3 aromatic heterocycles. The summed E-state index contributed by atoms with van der Waals surface area (Å²) in [4.78, 5) is 27.1. The van der Waals surface area contributed by atoms with Crippen molar-refractivity contribution < 1.29 is 0 Å². The van der Waals surface area contributed by atoms with Crippen molar-refractivity contribution >= 4 is 28.4 Å². The second-order valence-electron chi connectivity index (χ2n) is 8.95. The molecule has 1 fully saturated rings. The van der Waals surface area contributed by atoms with E-state index in [0.29, 0.717) is 34.7 Å². The van der Waals surface area contributed by atoms with Crippen molar-refractivity contribution in [2.45, 2.75) is 13.5 Å². The fourth-order valence-corrected chi connectivity index (χ4v) is 4.44. The Kier molecular flexibility index (Phi) is 5.97. The molecule has 1 saturated heterocycles. The van der Waals surface area contributed by atoms with E-state index in [4.69, 9.17) is 11.4 Å². The number of nitrogens with one attached hydrogen (secondary N) is 1. The molecule has 1 aromatic carbocycles. The van der Waals surface area contributed by atoms with Gasteiger partial charge in [-0.3, -0.25) is 14.0 Å². The molecule has 0 unspecified atom stereocenters. The quantitative estimate of drug-likeness (QED) is 0.450. The molecular formula is C26H28N8O. The maximum atomic E-state index is 13.2. The smallest absolute Gasteiger partial charge is 0.256 e. The first kappa shape index (κ1) is 22.6. The van der Waals surface area contributed by atoms with E-state index >= 15 is 0 Å². The van der Waals surface area contributed by atoms with Crippen LogP contribution in [0.5, 0.6) is 0 Å². The van der Waals surface area contributed by atoms with E-state index in [9.17, 15) is 4.79 Å². The Morgan fingerprint density at radius 3 is 2.49 bits per heavy atom. The molecule has 1 aliphatic rings. The second-order valence-corrected chi connectivity index (χ2v) is 8.95. The van der Waals surface area contributed by atoms with Gasteiger partial charge in [0.2, 0.25) is 5.95 Å². The first-order valence-corrected chi connectivity index (χ1v) is 11.6. The average molecular weight is 469 g/mol. The lowest BCUT2D eigenvalue weighted by molar-refractivity contribution is 0.313. The SMILES string of the molecule is C#Cc1c(C)c(=O)n(Cc2cnn(C)c2)c2nc(Nc3ccc(N4CCN(C)CC4)cc3)ncc12. The zero-order chi connectivity index (χ0) is 24.5. The molecule has 0 saturated carbocycles. The van der Waals surface area contributed by atoms with Crippen molar-refractivity contribution in [1.29, 1.82) is 0 Å². The number of piperazine rings is 1. The average Bonchev–Trinajstić information content (AvgIpc) is 3.28. The molecule has 0 spiro atoms. The van der Waals surface area contributed by atoms with Crippen LogP contribution in [0, 0.1) is 19.3 Å². The molecule has 4 aromatic rings. The van der Waals surface area contributed by atoms with Gasteiger partial charge in [-0.15, -0.1) is 6.42 Å². The van der Waals surface area contributed by atoms with Crippen molar-refractivity contribution in [2.75, 3.05) is 43.4 Å². The lowest BCUT2D eigenvalue weighted by atomic mass is 10.1. The van der Waals surface area contributed by atoms with Crippen molar-refractivity contribution in [2.24, 2.45) is 7.05 Å². The van der Waals surface area contributed by atoms with Crippen LogP contribution in [0.2, 0.25) is 0 Å². The summed E-state index contributed by atoms with van der Waals surface area (Å²) >= 11 is 0. The van der Waals surface area contributed by atoms with Gasteiger partial charge in [0.15, 0.2) is 0 Å². The summed E-state index contributed by atoms with van der Waals surface area (Å²) in [6.07, 6.45) is 11.1.